The van der Waals surface area contributed by atoms with E-state index in [4.69, 9.17) is 5.11 Å². The Morgan fingerprint density at radius 3 is 2.73 bits per heavy atom. The van der Waals surface area contributed by atoms with Crippen molar-refractivity contribution in [2.75, 3.05) is 5.75 Å². The summed E-state index contributed by atoms with van der Waals surface area (Å²) in [4.78, 5) is 11.8. The summed E-state index contributed by atoms with van der Waals surface area (Å²) in [7, 11) is 0. The Morgan fingerprint density at radius 1 is 1.47 bits per heavy atom. The maximum atomic E-state index is 10.7. The Bertz CT molecular complexity index is 383. The predicted octanol–water partition coefficient (Wildman–Crippen LogP) is 3.29. The van der Waals surface area contributed by atoms with Crippen molar-refractivity contribution in [2.24, 2.45) is 0 Å². The van der Waals surface area contributed by atoms with Crippen molar-refractivity contribution in [3.05, 3.63) is 35.4 Å². The van der Waals surface area contributed by atoms with E-state index in [9.17, 15) is 4.79 Å². The van der Waals surface area contributed by atoms with Crippen LogP contribution in [0, 0.1) is 0 Å². The average molecular weight is 222 g/mol. The number of rotatable bonds is 4. The minimum atomic E-state index is -0.869. The molecular formula is C12H14O2S. The van der Waals surface area contributed by atoms with Gasteiger partial charge in [0.15, 0.2) is 0 Å². The molecule has 3 heteroatoms. The van der Waals surface area contributed by atoms with Crippen LogP contribution < -0.4 is 0 Å². The Hall–Kier alpha value is -1.22. The van der Waals surface area contributed by atoms with Gasteiger partial charge in [0.1, 0.15) is 0 Å². The third-order valence-corrected chi connectivity index (χ3v) is 2.90. The molecule has 1 rings (SSSR count). The number of carboxylic acids is 1. The summed E-state index contributed by atoms with van der Waals surface area (Å²) in [6.07, 6.45) is 1.71. The predicted molar refractivity (Wildman–Crippen MR) is 64.1 cm³/mol. The highest BCUT2D eigenvalue weighted by Crippen LogP contribution is 2.24. The third-order valence-electron chi connectivity index (χ3n) is 1.93. The van der Waals surface area contributed by atoms with Gasteiger partial charge in [-0.1, -0.05) is 25.1 Å². The topological polar surface area (TPSA) is 37.3 Å². The van der Waals surface area contributed by atoms with Gasteiger partial charge >= 0.3 is 5.97 Å². The Morgan fingerprint density at radius 2 is 2.13 bits per heavy atom. The second-order valence-electron chi connectivity index (χ2n) is 3.10. The molecule has 1 aromatic carbocycles. The van der Waals surface area contributed by atoms with Crippen LogP contribution in [-0.2, 0) is 4.79 Å². The third kappa shape index (κ3) is 3.44. The van der Waals surface area contributed by atoms with Gasteiger partial charge in [-0.2, -0.15) is 0 Å². The van der Waals surface area contributed by atoms with E-state index in [0.717, 1.165) is 16.2 Å². The van der Waals surface area contributed by atoms with Crippen LogP contribution in [0.15, 0.2) is 34.7 Å². The lowest BCUT2D eigenvalue weighted by Gasteiger charge is -2.04. The SMILES string of the molecule is CCSc1ccccc1/C=C(\C)C(=O)O. The fraction of sp³-hybridized carbons (Fsp3) is 0.250. The summed E-state index contributed by atoms with van der Waals surface area (Å²) < 4.78 is 0. The molecule has 80 valence electrons. The molecule has 0 aliphatic heterocycles. The van der Waals surface area contributed by atoms with E-state index in [0.29, 0.717) is 5.57 Å². The zero-order chi connectivity index (χ0) is 11.3. The van der Waals surface area contributed by atoms with Crippen LogP contribution in [0.4, 0.5) is 0 Å². The lowest BCUT2D eigenvalue weighted by molar-refractivity contribution is -0.132. The lowest BCUT2D eigenvalue weighted by Crippen LogP contribution is -1.95. The Labute approximate surface area is 94.0 Å². The molecule has 0 fully saturated rings. The number of benzene rings is 1. The van der Waals surface area contributed by atoms with Crippen molar-refractivity contribution >= 4 is 23.8 Å². The van der Waals surface area contributed by atoms with E-state index in [1.807, 2.05) is 24.3 Å². The van der Waals surface area contributed by atoms with Crippen LogP contribution in [-0.4, -0.2) is 16.8 Å². The van der Waals surface area contributed by atoms with E-state index in [-0.39, 0.29) is 0 Å². The minimum absolute atomic E-state index is 0.360. The molecule has 15 heavy (non-hydrogen) atoms. The van der Waals surface area contributed by atoms with Crippen LogP contribution in [0.5, 0.6) is 0 Å². The molecule has 0 aromatic heterocycles. The van der Waals surface area contributed by atoms with Crippen molar-refractivity contribution < 1.29 is 9.90 Å². The highest BCUT2D eigenvalue weighted by molar-refractivity contribution is 7.99. The molecule has 0 bridgehead atoms. The molecular weight excluding hydrogens is 208 g/mol. The van der Waals surface area contributed by atoms with Gasteiger partial charge in [-0.05, 0) is 30.4 Å². The average Bonchev–Trinajstić information content (AvgIpc) is 2.21. The molecule has 0 saturated carbocycles. The fourth-order valence-corrected chi connectivity index (χ4v) is 1.96. The number of carbonyl (C=O) groups is 1. The quantitative estimate of drug-likeness (QED) is 0.627. The Kier molecular flexibility index (Phi) is 4.43. The van der Waals surface area contributed by atoms with Gasteiger partial charge in [0.25, 0.3) is 0 Å². The summed E-state index contributed by atoms with van der Waals surface area (Å²) in [5.41, 5.74) is 1.34. The van der Waals surface area contributed by atoms with Gasteiger partial charge in [-0.25, -0.2) is 4.79 Å². The molecule has 0 aliphatic carbocycles. The molecule has 0 heterocycles. The van der Waals surface area contributed by atoms with E-state index >= 15 is 0 Å². The van der Waals surface area contributed by atoms with Gasteiger partial charge in [-0.15, -0.1) is 11.8 Å². The minimum Gasteiger partial charge on any atom is -0.478 e. The summed E-state index contributed by atoms with van der Waals surface area (Å²) in [5, 5.41) is 8.79. The van der Waals surface area contributed by atoms with Gasteiger partial charge in [0.2, 0.25) is 0 Å². The first kappa shape index (κ1) is 11.9. The number of thioether (sulfide) groups is 1. The van der Waals surface area contributed by atoms with Crippen molar-refractivity contribution in [2.45, 2.75) is 18.7 Å². The van der Waals surface area contributed by atoms with Crippen LogP contribution in [0.2, 0.25) is 0 Å². The van der Waals surface area contributed by atoms with Crippen LogP contribution in [0.25, 0.3) is 6.08 Å². The second kappa shape index (κ2) is 5.61. The number of aliphatic carboxylic acids is 1. The number of carboxylic acid groups (broad SMARTS) is 1. The molecule has 0 atom stereocenters. The van der Waals surface area contributed by atoms with E-state index < -0.39 is 5.97 Å². The van der Waals surface area contributed by atoms with E-state index in [2.05, 4.69) is 6.92 Å². The lowest BCUT2D eigenvalue weighted by atomic mass is 10.1. The van der Waals surface area contributed by atoms with Crippen molar-refractivity contribution in [1.82, 2.24) is 0 Å². The Balaban J connectivity index is 3.03. The molecule has 2 nitrogen and oxygen atoms in total. The summed E-state index contributed by atoms with van der Waals surface area (Å²) in [5.74, 6) is 0.114. The molecule has 0 radical (unpaired) electrons. The normalized spacial score (nSPS) is 11.5. The fourth-order valence-electron chi connectivity index (χ4n) is 1.18. The highest BCUT2D eigenvalue weighted by atomic mass is 32.2. The molecule has 0 saturated heterocycles. The van der Waals surface area contributed by atoms with Crippen molar-refractivity contribution in [3.63, 3.8) is 0 Å². The van der Waals surface area contributed by atoms with Gasteiger partial charge in [-0.3, -0.25) is 0 Å². The van der Waals surface area contributed by atoms with Crippen molar-refractivity contribution in [1.29, 1.82) is 0 Å². The monoisotopic (exact) mass is 222 g/mol. The van der Waals surface area contributed by atoms with Gasteiger partial charge in [0, 0.05) is 10.5 Å². The van der Waals surface area contributed by atoms with Gasteiger partial charge < -0.3 is 5.11 Å². The summed E-state index contributed by atoms with van der Waals surface area (Å²) >= 11 is 1.72. The largest absolute Gasteiger partial charge is 0.478 e. The number of hydrogen-bond acceptors (Lipinski definition) is 2. The molecule has 0 amide bonds. The first-order valence-electron chi connectivity index (χ1n) is 4.78. The molecule has 1 N–H and O–H groups in total. The summed E-state index contributed by atoms with van der Waals surface area (Å²) in [6.45, 7) is 3.69. The first-order chi connectivity index (χ1) is 7.15. The maximum Gasteiger partial charge on any atom is 0.331 e. The standard InChI is InChI=1S/C12H14O2S/c1-3-15-11-7-5-4-6-10(11)8-9(2)12(13)14/h4-8H,3H2,1-2H3,(H,13,14)/b9-8+. The maximum absolute atomic E-state index is 10.7. The summed E-state index contributed by atoms with van der Waals surface area (Å²) in [6, 6.07) is 7.83. The first-order valence-corrected chi connectivity index (χ1v) is 5.77. The van der Waals surface area contributed by atoms with Gasteiger partial charge in [0.05, 0.1) is 0 Å². The number of hydrogen-bond donors (Lipinski definition) is 1. The molecule has 1 aromatic rings. The molecule has 0 unspecified atom stereocenters. The van der Waals surface area contributed by atoms with E-state index in [1.54, 1.807) is 24.8 Å². The molecule has 0 spiro atoms. The zero-order valence-electron chi connectivity index (χ0n) is 8.86. The molecule has 0 aliphatic rings. The van der Waals surface area contributed by atoms with Crippen molar-refractivity contribution in [3.8, 4) is 0 Å². The van der Waals surface area contributed by atoms with Crippen LogP contribution in [0.3, 0.4) is 0 Å². The van der Waals surface area contributed by atoms with E-state index in [1.165, 1.54) is 0 Å². The zero-order valence-corrected chi connectivity index (χ0v) is 9.67. The van der Waals surface area contributed by atoms with Crippen LogP contribution in [0.1, 0.15) is 19.4 Å². The van der Waals surface area contributed by atoms with Crippen LogP contribution >= 0.6 is 11.8 Å². The smallest absolute Gasteiger partial charge is 0.331 e. The second-order valence-corrected chi connectivity index (χ2v) is 4.41. The highest BCUT2D eigenvalue weighted by Gasteiger charge is 2.03.